The second-order valence-electron chi connectivity index (χ2n) is 3.21. The first-order valence-electron chi connectivity index (χ1n) is 4.23. The summed E-state index contributed by atoms with van der Waals surface area (Å²) in [5.74, 6) is 0.0912. The molecule has 12 heavy (non-hydrogen) atoms. The zero-order valence-electron chi connectivity index (χ0n) is 7.58. The van der Waals surface area contributed by atoms with Crippen LogP contribution in [0.2, 0.25) is 0 Å². The second-order valence-corrected chi connectivity index (χ2v) is 3.21. The molecule has 0 radical (unpaired) electrons. The van der Waals surface area contributed by atoms with Gasteiger partial charge >= 0.3 is 0 Å². The van der Waals surface area contributed by atoms with Gasteiger partial charge in [-0.25, -0.2) is 5.01 Å². The van der Waals surface area contributed by atoms with Crippen molar-refractivity contribution in [1.82, 2.24) is 5.01 Å². The molecule has 0 fully saturated rings. The van der Waals surface area contributed by atoms with Crippen molar-refractivity contribution in [3.8, 4) is 0 Å². The number of carbonyl (C=O) groups is 1. The average Bonchev–Trinajstić information content (AvgIpc) is 2.32. The number of nitrogens with zero attached hydrogens (tertiary/aromatic N) is 2. The number of amides is 1. The van der Waals surface area contributed by atoms with E-state index in [9.17, 15) is 4.79 Å². The summed E-state index contributed by atoms with van der Waals surface area (Å²) in [6.45, 7) is 4.47. The first-order valence-corrected chi connectivity index (χ1v) is 4.23. The van der Waals surface area contributed by atoms with Crippen molar-refractivity contribution in [2.45, 2.75) is 32.7 Å². The van der Waals surface area contributed by atoms with Crippen LogP contribution in [0.3, 0.4) is 0 Å². The molecule has 0 aromatic rings. The van der Waals surface area contributed by atoms with Crippen molar-refractivity contribution in [3.05, 3.63) is 0 Å². The van der Waals surface area contributed by atoms with Gasteiger partial charge in [0.15, 0.2) is 0 Å². The molecule has 1 rings (SSSR count). The third-order valence-corrected chi connectivity index (χ3v) is 1.78. The number of nitrogens with two attached hydrogens (primary N) is 1. The summed E-state index contributed by atoms with van der Waals surface area (Å²) >= 11 is 0. The average molecular weight is 169 g/mol. The minimum absolute atomic E-state index is 0.0912. The first kappa shape index (κ1) is 9.19. The van der Waals surface area contributed by atoms with Crippen LogP contribution in [0.4, 0.5) is 0 Å². The van der Waals surface area contributed by atoms with Gasteiger partial charge in [0.05, 0.1) is 6.42 Å². The number of hydrogen-bond donors (Lipinski definition) is 1. The molecule has 0 unspecified atom stereocenters. The van der Waals surface area contributed by atoms with Gasteiger partial charge in [-0.05, 0) is 20.4 Å². The maximum atomic E-state index is 11.3. The summed E-state index contributed by atoms with van der Waals surface area (Å²) in [7, 11) is 0. The van der Waals surface area contributed by atoms with Crippen LogP contribution in [0.1, 0.15) is 26.7 Å². The lowest BCUT2D eigenvalue weighted by Crippen LogP contribution is -2.27. The number of hydrogen-bond acceptors (Lipinski definition) is 3. The number of carbonyl (C=O) groups excluding carboxylic acids is 1. The van der Waals surface area contributed by atoms with Crippen LogP contribution in [0.15, 0.2) is 5.10 Å². The number of hydrazone groups is 1. The molecule has 1 heterocycles. The Balaban J connectivity index is 2.60. The van der Waals surface area contributed by atoms with Gasteiger partial charge in [-0.1, -0.05) is 0 Å². The van der Waals surface area contributed by atoms with E-state index in [0.29, 0.717) is 13.0 Å². The Labute approximate surface area is 72.4 Å². The molecular formula is C8H15N3O. The van der Waals surface area contributed by atoms with E-state index < -0.39 is 0 Å². The highest BCUT2D eigenvalue weighted by molar-refractivity contribution is 6.05. The van der Waals surface area contributed by atoms with Crippen molar-refractivity contribution in [2.75, 3.05) is 6.54 Å². The molecule has 4 heteroatoms. The molecule has 0 bridgehead atoms. The Hall–Kier alpha value is -0.900. The van der Waals surface area contributed by atoms with Crippen LogP contribution < -0.4 is 5.73 Å². The summed E-state index contributed by atoms with van der Waals surface area (Å²) < 4.78 is 0. The smallest absolute Gasteiger partial charge is 0.248 e. The molecule has 1 amide bonds. The van der Waals surface area contributed by atoms with E-state index in [2.05, 4.69) is 5.10 Å². The van der Waals surface area contributed by atoms with Gasteiger partial charge in [0.25, 0.3) is 0 Å². The van der Waals surface area contributed by atoms with E-state index in [-0.39, 0.29) is 11.9 Å². The third kappa shape index (κ3) is 1.82. The monoisotopic (exact) mass is 169 g/mol. The summed E-state index contributed by atoms with van der Waals surface area (Å²) in [6.07, 6.45) is 1.18. The van der Waals surface area contributed by atoms with Crippen LogP contribution in [0.25, 0.3) is 0 Å². The Morgan fingerprint density at radius 2 is 2.33 bits per heavy atom. The third-order valence-electron chi connectivity index (χ3n) is 1.78. The maximum absolute atomic E-state index is 11.3. The molecule has 1 aliphatic heterocycles. The predicted molar refractivity (Wildman–Crippen MR) is 47.7 cm³/mol. The van der Waals surface area contributed by atoms with Crippen LogP contribution in [-0.2, 0) is 4.79 Å². The quantitative estimate of drug-likeness (QED) is 0.662. The van der Waals surface area contributed by atoms with Crippen molar-refractivity contribution in [3.63, 3.8) is 0 Å². The van der Waals surface area contributed by atoms with Gasteiger partial charge in [0.2, 0.25) is 5.91 Å². The van der Waals surface area contributed by atoms with E-state index in [1.54, 1.807) is 0 Å². The molecule has 0 saturated carbocycles. The van der Waals surface area contributed by atoms with Crippen molar-refractivity contribution < 1.29 is 4.79 Å². The van der Waals surface area contributed by atoms with Crippen LogP contribution >= 0.6 is 0 Å². The molecule has 0 aromatic heterocycles. The number of rotatable bonds is 3. The Kier molecular flexibility index (Phi) is 2.81. The largest absolute Gasteiger partial charge is 0.330 e. The Morgan fingerprint density at radius 1 is 1.67 bits per heavy atom. The first-order chi connectivity index (χ1) is 5.65. The van der Waals surface area contributed by atoms with E-state index in [0.717, 1.165) is 12.1 Å². The molecule has 2 N–H and O–H groups in total. The van der Waals surface area contributed by atoms with E-state index >= 15 is 0 Å². The van der Waals surface area contributed by atoms with Crippen LogP contribution in [0, 0.1) is 0 Å². The highest BCUT2D eigenvalue weighted by atomic mass is 16.2. The van der Waals surface area contributed by atoms with E-state index in [1.165, 1.54) is 5.01 Å². The highest BCUT2D eigenvalue weighted by Gasteiger charge is 2.24. The zero-order valence-corrected chi connectivity index (χ0v) is 7.58. The summed E-state index contributed by atoms with van der Waals surface area (Å²) in [5.41, 5.74) is 6.28. The molecule has 0 atom stereocenters. The summed E-state index contributed by atoms with van der Waals surface area (Å²) in [4.78, 5) is 11.3. The van der Waals surface area contributed by atoms with E-state index in [1.807, 2.05) is 13.8 Å². The van der Waals surface area contributed by atoms with Crippen molar-refractivity contribution in [1.29, 1.82) is 0 Å². The van der Waals surface area contributed by atoms with Gasteiger partial charge in [-0.2, -0.15) is 5.10 Å². The van der Waals surface area contributed by atoms with E-state index in [4.69, 9.17) is 5.73 Å². The van der Waals surface area contributed by atoms with Gasteiger partial charge < -0.3 is 5.73 Å². The van der Waals surface area contributed by atoms with Gasteiger partial charge in [-0.15, -0.1) is 0 Å². The molecule has 0 spiro atoms. The Morgan fingerprint density at radius 3 is 2.75 bits per heavy atom. The van der Waals surface area contributed by atoms with Crippen molar-refractivity contribution >= 4 is 11.6 Å². The molecule has 0 aromatic carbocycles. The molecule has 0 saturated heterocycles. The zero-order chi connectivity index (χ0) is 9.14. The normalized spacial score (nSPS) is 17.5. The summed E-state index contributed by atoms with van der Waals surface area (Å²) in [5, 5.41) is 5.71. The molecule has 1 aliphatic rings. The van der Waals surface area contributed by atoms with Crippen LogP contribution in [0.5, 0.6) is 0 Å². The van der Waals surface area contributed by atoms with Gasteiger partial charge in [0.1, 0.15) is 0 Å². The van der Waals surface area contributed by atoms with Crippen LogP contribution in [-0.4, -0.2) is 29.2 Å². The standard InChI is InChI=1S/C8H15N3O/c1-6(2)11-8(12)5-7(10-11)3-4-9/h6H,3-5,9H2,1-2H3. The fourth-order valence-corrected chi connectivity index (χ4v) is 1.21. The van der Waals surface area contributed by atoms with Crippen molar-refractivity contribution in [2.24, 2.45) is 10.8 Å². The topological polar surface area (TPSA) is 58.7 Å². The predicted octanol–water partition coefficient (Wildman–Crippen LogP) is 0.332. The minimum Gasteiger partial charge on any atom is -0.330 e. The lowest BCUT2D eigenvalue weighted by atomic mass is 10.2. The lowest BCUT2D eigenvalue weighted by Gasteiger charge is -2.15. The molecule has 4 nitrogen and oxygen atoms in total. The SMILES string of the molecule is CC(C)N1N=C(CCN)CC1=O. The van der Waals surface area contributed by atoms with Gasteiger partial charge in [-0.3, -0.25) is 4.79 Å². The fourth-order valence-electron chi connectivity index (χ4n) is 1.21. The molecule has 0 aliphatic carbocycles. The summed E-state index contributed by atoms with van der Waals surface area (Å²) in [6, 6.07) is 0.160. The Bertz CT molecular complexity index is 210. The van der Waals surface area contributed by atoms with Gasteiger partial charge in [0, 0.05) is 18.2 Å². The minimum atomic E-state index is 0.0912. The molecular weight excluding hydrogens is 154 g/mol. The maximum Gasteiger partial charge on any atom is 0.248 e. The highest BCUT2D eigenvalue weighted by Crippen LogP contribution is 2.12. The molecule has 68 valence electrons. The fraction of sp³-hybridized carbons (Fsp3) is 0.750. The lowest BCUT2D eigenvalue weighted by molar-refractivity contribution is -0.130. The second kappa shape index (κ2) is 3.67.